The number of benzene rings is 2. The molecule has 0 N–H and O–H groups in total. The first-order valence-corrected chi connectivity index (χ1v) is 7.25. The number of oxime groups is 1. The number of carbonyl (C=O) groups excluding carboxylic acids is 1. The highest BCUT2D eigenvalue weighted by atomic mass is 19.1. The molecular formula is C19H13FN2O2. The van der Waals surface area contributed by atoms with Gasteiger partial charge in [0.25, 0.3) is 0 Å². The molecule has 1 aromatic heterocycles. The lowest BCUT2D eigenvalue weighted by Gasteiger charge is -2.06. The highest BCUT2D eigenvalue weighted by Gasteiger charge is 2.11. The lowest BCUT2D eigenvalue weighted by Crippen LogP contribution is -2.08. The largest absolute Gasteiger partial charge is 0.365 e. The van der Waals surface area contributed by atoms with Crippen molar-refractivity contribution in [2.75, 3.05) is 0 Å². The van der Waals surface area contributed by atoms with Gasteiger partial charge in [-0.25, -0.2) is 9.18 Å². The number of rotatable bonds is 4. The number of halogens is 1. The highest BCUT2D eigenvalue weighted by molar-refractivity contribution is 6.12. The van der Waals surface area contributed by atoms with E-state index in [2.05, 4.69) is 10.1 Å². The van der Waals surface area contributed by atoms with Crippen molar-refractivity contribution in [1.82, 2.24) is 4.98 Å². The second-order valence-electron chi connectivity index (χ2n) is 4.93. The summed E-state index contributed by atoms with van der Waals surface area (Å²) in [7, 11) is 0. The summed E-state index contributed by atoms with van der Waals surface area (Å²) < 4.78 is 12.9. The van der Waals surface area contributed by atoms with Gasteiger partial charge in [0.1, 0.15) is 11.5 Å². The molecular weight excluding hydrogens is 307 g/mol. The van der Waals surface area contributed by atoms with Crippen molar-refractivity contribution in [2.45, 2.75) is 0 Å². The molecule has 3 rings (SSSR count). The van der Waals surface area contributed by atoms with Crippen LogP contribution in [0.1, 0.15) is 21.5 Å². The fourth-order valence-corrected chi connectivity index (χ4v) is 2.10. The first-order chi connectivity index (χ1) is 11.7. The quantitative estimate of drug-likeness (QED) is 0.417. The van der Waals surface area contributed by atoms with E-state index >= 15 is 0 Å². The molecule has 0 aliphatic rings. The van der Waals surface area contributed by atoms with E-state index in [1.807, 2.05) is 36.4 Å². The summed E-state index contributed by atoms with van der Waals surface area (Å²) in [4.78, 5) is 21.2. The van der Waals surface area contributed by atoms with E-state index < -0.39 is 11.8 Å². The van der Waals surface area contributed by atoms with Crippen LogP contribution in [-0.2, 0) is 4.84 Å². The molecule has 0 spiro atoms. The average molecular weight is 320 g/mol. The number of carbonyl (C=O) groups is 1. The van der Waals surface area contributed by atoms with Gasteiger partial charge in [0, 0.05) is 23.5 Å². The maximum Gasteiger partial charge on any atom is 0.365 e. The van der Waals surface area contributed by atoms with Gasteiger partial charge in [0.05, 0.1) is 5.56 Å². The van der Waals surface area contributed by atoms with E-state index in [-0.39, 0.29) is 5.56 Å². The molecule has 0 unspecified atom stereocenters. The Hall–Kier alpha value is -3.34. The Balaban J connectivity index is 1.90. The summed E-state index contributed by atoms with van der Waals surface area (Å²) in [5.41, 5.74) is 2.21. The number of aromatic nitrogens is 1. The van der Waals surface area contributed by atoms with Gasteiger partial charge in [-0.1, -0.05) is 35.5 Å². The zero-order chi connectivity index (χ0) is 16.8. The van der Waals surface area contributed by atoms with Crippen molar-refractivity contribution in [1.29, 1.82) is 0 Å². The molecule has 2 aromatic carbocycles. The summed E-state index contributed by atoms with van der Waals surface area (Å²) in [5, 5.41) is 4.00. The minimum absolute atomic E-state index is 0.221. The molecule has 0 radical (unpaired) electrons. The van der Waals surface area contributed by atoms with Crippen molar-refractivity contribution in [3.8, 4) is 0 Å². The predicted molar refractivity (Wildman–Crippen MR) is 88.1 cm³/mol. The average Bonchev–Trinajstić information content (AvgIpc) is 2.64. The molecule has 4 nitrogen and oxygen atoms in total. The van der Waals surface area contributed by atoms with Crippen molar-refractivity contribution < 1.29 is 14.0 Å². The van der Waals surface area contributed by atoms with Crippen LogP contribution in [0.5, 0.6) is 0 Å². The molecule has 3 aromatic rings. The Kier molecular flexibility index (Phi) is 4.72. The first kappa shape index (κ1) is 15.6. The van der Waals surface area contributed by atoms with Crippen LogP contribution in [0, 0.1) is 5.82 Å². The Morgan fingerprint density at radius 1 is 0.875 bits per heavy atom. The lowest BCUT2D eigenvalue weighted by atomic mass is 10.0. The van der Waals surface area contributed by atoms with Crippen molar-refractivity contribution in [2.24, 2.45) is 5.16 Å². The van der Waals surface area contributed by atoms with Crippen LogP contribution in [0.2, 0.25) is 0 Å². The van der Waals surface area contributed by atoms with Crippen LogP contribution in [0.3, 0.4) is 0 Å². The van der Waals surface area contributed by atoms with Gasteiger partial charge >= 0.3 is 5.97 Å². The van der Waals surface area contributed by atoms with Crippen molar-refractivity contribution in [3.63, 3.8) is 0 Å². The smallest absolute Gasteiger partial charge is 0.312 e. The highest BCUT2D eigenvalue weighted by Crippen LogP contribution is 2.11. The number of nitrogens with zero attached hydrogens (tertiary/aromatic N) is 2. The van der Waals surface area contributed by atoms with E-state index in [1.54, 1.807) is 18.5 Å². The maximum atomic E-state index is 12.9. The van der Waals surface area contributed by atoms with Gasteiger partial charge in [0.2, 0.25) is 0 Å². The standard InChI is InChI=1S/C19H13FN2O2/c20-17-10-8-15(9-11-17)19(23)24-22-18(14-5-2-1-3-6-14)16-7-4-12-21-13-16/h1-13H. The molecule has 0 bridgehead atoms. The predicted octanol–water partition coefficient (Wildman–Crippen LogP) is 3.83. The van der Waals surface area contributed by atoms with Crippen LogP contribution in [0.25, 0.3) is 0 Å². The Labute approximate surface area is 138 Å². The maximum absolute atomic E-state index is 12.9. The number of pyridine rings is 1. The van der Waals surface area contributed by atoms with Crippen LogP contribution in [0.15, 0.2) is 84.3 Å². The van der Waals surface area contributed by atoms with Gasteiger partial charge < -0.3 is 4.84 Å². The topological polar surface area (TPSA) is 51.5 Å². The molecule has 0 aliphatic heterocycles. The molecule has 118 valence electrons. The van der Waals surface area contributed by atoms with Gasteiger partial charge in [-0.3, -0.25) is 4.98 Å². The second-order valence-corrected chi connectivity index (χ2v) is 4.93. The fraction of sp³-hybridized carbons (Fsp3) is 0. The third-order valence-corrected chi connectivity index (χ3v) is 3.28. The van der Waals surface area contributed by atoms with Gasteiger partial charge in [0.15, 0.2) is 0 Å². The molecule has 0 atom stereocenters. The Morgan fingerprint density at radius 2 is 1.58 bits per heavy atom. The van der Waals surface area contributed by atoms with E-state index in [0.717, 1.165) is 11.1 Å². The summed E-state index contributed by atoms with van der Waals surface area (Å²) in [5.74, 6) is -1.08. The van der Waals surface area contributed by atoms with E-state index in [4.69, 9.17) is 4.84 Å². The normalized spacial score (nSPS) is 11.1. The molecule has 0 fully saturated rings. The third-order valence-electron chi connectivity index (χ3n) is 3.28. The van der Waals surface area contributed by atoms with E-state index in [1.165, 1.54) is 24.3 Å². The zero-order valence-electron chi connectivity index (χ0n) is 12.6. The Morgan fingerprint density at radius 3 is 2.25 bits per heavy atom. The summed E-state index contributed by atoms with van der Waals surface area (Å²) in [6, 6.07) is 18.0. The van der Waals surface area contributed by atoms with Gasteiger partial charge in [-0.15, -0.1) is 0 Å². The second kappa shape index (κ2) is 7.28. The van der Waals surface area contributed by atoms with Gasteiger partial charge in [-0.05, 0) is 36.4 Å². The number of hydrogen-bond acceptors (Lipinski definition) is 4. The van der Waals surface area contributed by atoms with Crippen LogP contribution < -0.4 is 0 Å². The fourth-order valence-electron chi connectivity index (χ4n) is 2.10. The monoisotopic (exact) mass is 320 g/mol. The summed E-state index contributed by atoms with van der Waals surface area (Å²) in [6.45, 7) is 0. The van der Waals surface area contributed by atoms with Crippen molar-refractivity contribution >= 4 is 11.7 Å². The summed E-state index contributed by atoms with van der Waals surface area (Å²) in [6.07, 6.45) is 3.29. The van der Waals surface area contributed by atoms with Crippen LogP contribution in [0.4, 0.5) is 4.39 Å². The number of hydrogen-bond donors (Lipinski definition) is 0. The Bertz CT molecular complexity index is 806. The molecule has 0 amide bonds. The zero-order valence-corrected chi connectivity index (χ0v) is 12.6. The molecule has 0 aliphatic carbocycles. The van der Waals surface area contributed by atoms with Crippen LogP contribution in [-0.4, -0.2) is 16.7 Å². The molecule has 0 saturated carbocycles. The molecule has 24 heavy (non-hydrogen) atoms. The third kappa shape index (κ3) is 3.70. The molecule has 5 heteroatoms. The lowest BCUT2D eigenvalue weighted by molar-refractivity contribution is 0.0517. The minimum Gasteiger partial charge on any atom is -0.312 e. The SMILES string of the molecule is O=C(ON=C(c1ccccc1)c1cccnc1)c1ccc(F)cc1. The minimum atomic E-state index is -0.660. The molecule has 1 heterocycles. The van der Waals surface area contributed by atoms with E-state index in [9.17, 15) is 9.18 Å². The van der Waals surface area contributed by atoms with Crippen LogP contribution >= 0.6 is 0 Å². The first-order valence-electron chi connectivity index (χ1n) is 7.25. The summed E-state index contributed by atoms with van der Waals surface area (Å²) >= 11 is 0. The van der Waals surface area contributed by atoms with E-state index in [0.29, 0.717) is 5.71 Å². The van der Waals surface area contributed by atoms with Gasteiger partial charge in [-0.2, -0.15) is 0 Å². The molecule has 0 saturated heterocycles. The van der Waals surface area contributed by atoms with Crippen molar-refractivity contribution in [3.05, 3.63) is 102 Å².